The topological polar surface area (TPSA) is 60.7 Å². The summed E-state index contributed by atoms with van der Waals surface area (Å²) >= 11 is 0. The Morgan fingerprint density at radius 3 is 2.11 bits per heavy atom. The first kappa shape index (κ1) is 13.3. The van der Waals surface area contributed by atoms with Crippen molar-refractivity contribution in [3.8, 4) is 28.4 Å². The minimum absolute atomic E-state index is 0.00644. The summed E-state index contributed by atoms with van der Waals surface area (Å²) in [4.78, 5) is 0. The van der Waals surface area contributed by atoms with Gasteiger partial charge in [-0.05, 0) is 30.0 Å². The molecule has 0 saturated heterocycles. The summed E-state index contributed by atoms with van der Waals surface area (Å²) in [6.45, 7) is 3.86. The molecule has 3 N–H and O–H groups in total. The molecule has 0 radical (unpaired) electrons. The van der Waals surface area contributed by atoms with E-state index in [-0.39, 0.29) is 17.2 Å². The maximum Gasteiger partial charge on any atom is 0.169 e. The number of hydrogen-bond donors (Lipinski definition) is 3. The van der Waals surface area contributed by atoms with E-state index in [1.807, 2.05) is 38.1 Å². The fraction of sp³-hybridized carbons (Fsp3) is 0.250. The fourth-order valence-corrected chi connectivity index (χ4v) is 2.30. The number of aromatic hydroxyl groups is 3. The summed E-state index contributed by atoms with van der Waals surface area (Å²) in [5.74, 6) is -0.410. The van der Waals surface area contributed by atoms with Gasteiger partial charge in [0.1, 0.15) is 5.75 Å². The third-order valence-electron chi connectivity index (χ3n) is 3.38. The van der Waals surface area contributed by atoms with Gasteiger partial charge in [-0.15, -0.1) is 0 Å². The van der Waals surface area contributed by atoms with Crippen molar-refractivity contribution in [2.45, 2.75) is 26.7 Å². The van der Waals surface area contributed by atoms with Crippen LogP contribution in [0.4, 0.5) is 0 Å². The quantitative estimate of drug-likeness (QED) is 0.582. The molecular weight excluding hydrogens is 240 g/mol. The van der Waals surface area contributed by atoms with Gasteiger partial charge in [0.15, 0.2) is 11.5 Å². The molecule has 2 aromatic carbocycles. The van der Waals surface area contributed by atoms with Gasteiger partial charge in [0.2, 0.25) is 0 Å². The van der Waals surface area contributed by atoms with Crippen molar-refractivity contribution in [3.05, 3.63) is 41.5 Å². The van der Waals surface area contributed by atoms with Crippen molar-refractivity contribution >= 4 is 0 Å². The fourth-order valence-electron chi connectivity index (χ4n) is 2.30. The highest BCUT2D eigenvalue weighted by Crippen LogP contribution is 2.46. The van der Waals surface area contributed by atoms with Crippen molar-refractivity contribution in [1.82, 2.24) is 0 Å². The first-order valence-electron chi connectivity index (χ1n) is 6.45. The SMILES string of the molecule is CCc1ccccc1-c1c(O)cc(CC)c(O)c1O. The lowest BCUT2D eigenvalue weighted by atomic mass is 9.94. The van der Waals surface area contributed by atoms with Crippen LogP contribution in [0.5, 0.6) is 17.2 Å². The van der Waals surface area contributed by atoms with Crippen LogP contribution in [0.1, 0.15) is 25.0 Å². The highest BCUT2D eigenvalue weighted by atomic mass is 16.3. The van der Waals surface area contributed by atoms with Crippen LogP contribution in [0.2, 0.25) is 0 Å². The molecule has 0 bridgehead atoms. The molecule has 0 aromatic heterocycles. The van der Waals surface area contributed by atoms with Crippen LogP contribution in [0.25, 0.3) is 11.1 Å². The molecule has 0 heterocycles. The van der Waals surface area contributed by atoms with Crippen molar-refractivity contribution in [2.24, 2.45) is 0 Å². The Hall–Kier alpha value is -2.16. The van der Waals surface area contributed by atoms with Gasteiger partial charge in [-0.25, -0.2) is 0 Å². The van der Waals surface area contributed by atoms with Gasteiger partial charge in [0.05, 0.1) is 5.56 Å². The second-order valence-corrected chi connectivity index (χ2v) is 4.49. The Morgan fingerprint density at radius 2 is 1.47 bits per heavy atom. The molecule has 0 fully saturated rings. The maximum absolute atomic E-state index is 10.2. The first-order valence-corrected chi connectivity index (χ1v) is 6.45. The minimum atomic E-state index is -0.252. The summed E-state index contributed by atoms with van der Waals surface area (Å²) in [5.41, 5.74) is 2.59. The van der Waals surface area contributed by atoms with Crippen LogP contribution in [-0.4, -0.2) is 15.3 Å². The number of phenolic OH excluding ortho intramolecular Hbond substituents is 3. The molecule has 0 aliphatic heterocycles. The third-order valence-corrected chi connectivity index (χ3v) is 3.38. The first-order chi connectivity index (χ1) is 9.10. The van der Waals surface area contributed by atoms with Crippen molar-refractivity contribution in [3.63, 3.8) is 0 Å². The normalized spacial score (nSPS) is 10.6. The number of benzene rings is 2. The van der Waals surface area contributed by atoms with Crippen LogP contribution in [-0.2, 0) is 12.8 Å². The van der Waals surface area contributed by atoms with E-state index < -0.39 is 0 Å². The van der Waals surface area contributed by atoms with Crippen LogP contribution in [0.3, 0.4) is 0 Å². The standard InChI is InChI=1S/C16H18O3/c1-3-10-7-5-6-8-12(10)14-13(17)9-11(4-2)15(18)16(14)19/h5-9,17-19H,3-4H2,1-2H3. The molecule has 100 valence electrons. The van der Waals surface area contributed by atoms with Gasteiger partial charge >= 0.3 is 0 Å². The van der Waals surface area contributed by atoms with Crippen LogP contribution < -0.4 is 0 Å². The molecule has 0 spiro atoms. The summed E-state index contributed by atoms with van der Waals surface area (Å²) in [5, 5.41) is 30.3. The number of hydrogen-bond acceptors (Lipinski definition) is 3. The molecule has 0 amide bonds. The van der Waals surface area contributed by atoms with Gasteiger partial charge in [-0.3, -0.25) is 0 Å². The predicted molar refractivity (Wildman–Crippen MR) is 75.6 cm³/mol. The zero-order valence-electron chi connectivity index (χ0n) is 11.1. The van der Waals surface area contributed by atoms with E-state index in [0.717, 1.165) is 17.5 Å². The largest absolute Gasteiger partial charge is 0.507 e. The van der Waals surface area contributed by atoms with E-state index in [1.54, 1.807) is 0 Å². The lowest BCUT2D eigenvalue weighted by molar-refractivity contribution is 0.394. The Balaban J connectivity index is 2.73. The lowest BCUT2D eigenvalue weighted by Gasteiger charge is -2.14. The Bertz CT molecular complexity index is 603. The smallest absolute Gasteiger partial charge is 0.169 e. The van der Waals surface area contributed by atoms with E-state index in [1.165, 1.54) is 6.07 Å². The molecule has 0 aliphatic rings. The molecule has 2 aromatic rings. The summed E-state index contributed by atoms with van der Waals surface area (Å²) in [7, 11) is 0. The average Bonchev–Trinajstić information content (AvgIpc) is 2.43. The van der Waals surface area contributed by atoms with E-state index >= 15 is 0 Å². The molecular formula is C16H18O3. The molecule has 3 nitrogen and oxygen atoms in total. The predicted octanol–water partition coefficient (Wildman–Crippen LogP) is 3.60. The van der Waals surface area contributed by atoms with Gasteiger partial charge in [0, 0.05) is 5.56 Å². The highest BCUT2D eigenvalue weighted by Gasteiger charge is 2.19. The maximum atomic E-state index is 10.2. The van der Waals surface area contributed by atoms with Gasteiger partial charge < -0.3 is 15.3 Å². The van der Waals surface area contributed by atoms with E-state index in [0.29, 0.717) is 17.5 Å². The Kier molecular flexibility index (Phi) is 3.65. The summed E-state index contributed by atoms with van der Waals surface area (Å²) < 4.78 is 0. The number of phenols is 3. The number of aryl methyl sites for hydroxylation is 2. The molecule has 2 rings (SSSR count). The third kappa shape index (κ3) is 2.24. The zero-order valence-corrected chi connectivity index (χ0v) is 11.1. The van der Waals surface area contributed by atoms with Crippen molar-refractivity contribution in [1.29, 1.82) is 0 Å². The van der Waals surface area contributed by atoms with Crippen molar-refractivity contribution < 1.29 is 15.3 Å². The van der Waals surface area contributed by atoms with E-state index in [9.17, 15) is 15.3 Å². The van der Waals surface area contributed by atoms with Gasteiger partial charge in [0.25, 0.3) is 0 Å². The average molecular weight is 258 g/mol. The number of rotatable bonds is 3. The lowest BCUT2D eigenvalue weighted by Crippen LogP contribution is -1.91. The summed E-state index contributed by atoms with van der Waals surface area (Å²) in [6, 6.07) is 9.04. The Morgan fingerprint density at radius 1 is 0.842 bits per heavy atom. The van der Waals surface area contributed by atoms with Gasteiger partial charge in [-0.2, -0.15) is 0 Å². The van der Waals surface area contributed by atoms with Crippen LogP contribution >= 0.6 is 0 Å². The molecule has 0 aliphatic carbocycles. The highest BCUT2D eigenvalue weighted by molar-refractivity contribution is 5.82. The molecule has 0 saturated carbocycles. The Labute approximate surface area is 112 Å². The zero-order chi connectivity index (χ0) is 14.0. The molecule has 3 heteroatoms. The van der Waals surface area contributed by atoms with E-state index in [2.05, 4.69) is 0 Å². The summed E-state index contributed by atoms with van der Waals surface area (Å²) in [6.07, 6.45) is 1.33. The molecule has 0 atom stereocenters. The van der Waals surface area contributed by atoms with Crippen molar-refractivity contribution in [2.75, 3.05) is 0 Å². The monoisotopic (exact) mass is 258 g/mol. The second-order valence-electron chi connectivity index (χ2n) is 4.49. The van der Waals surface area contributed by atoms with Crippen LogP contribution in [0, 0.1) is 0 Å². The molecule has 0 unspecified atom stereocenters. The molecule has 19 heavy (non-hydrogen) atoms. The van der Waals surface area contributed by atoms with Gasteiger partial charge in [-0.1, -0.05) is 38.1 Å². The second kappa shape index (κ2) is 5.22. The van der Waals surface area contributed by atoms with E-state index in [4.69, 9.17) is 0 Å². The minimum Gasteiger partial charge on any atom is -0.507 e. The van der Waals surface area contributed by atoms with Crippen LogP contribution in [0.15, 0.2) is 30.3 Å².